The Hall–Kier alpha value is -3.13. The minimum absolute atomic E-state index is 0.286. The highest BCUT2D eigenvalue weighted by atomic mass is 79.9. The Bertz CT molecular complexity index is 1000. The summed E-state index contributed by atoms with van der Waals surface area (Å²) in [6.07, 6.45) is 3.26. The van der Waals surface area contributed by atoms with Crippen molar-refractivity contribution in [3.8, 4) is 11.5 Å². The standard InChI is InChI=1S/C20H19BrN4O3/c1-27-17-7-6-15(19(11-17)28-2)12-22-23-20(26)18-8-9-25(24-18)13-14-4-3-5-16(21)10-14/h3-12H,13H2,1-2H3,(H,23,26). The van der Waals surface area contributed by atoms with Gasteiger partial charge in [0.1, 0.15) is 11.5 Å². The number of ether oxygens (including phenoxy) is 2. The fraction of sp³-hybridized carbons (Fsp3) is 0.150. The maximum absolute atomic E-state index is 12.3. The molecule has 0 saturated carbocycles. The molecule has 1 N–H and O–H groups in total. The first-order chi connectivity index (χ1) is 13.6. The van der Waals surface area contributed by atoms with E-state index in [2.05, 4.69) is 31.6 Å². The number of carbonyl (C=O) groups excluding carboxylic acids is 1. The zero-order chi connectivity index (χ0) is 19.9. The van der Waals surface area contributed by atoms with Crippen molar-refractivity contribution in [3.05, 3.63) is 76.0 Å². The van der Waals surface area contributed by atoms with Crippen LogP contribution < -0.4 is 14.9 Å². The topological polar surface area (TPSA) is 77.7 Å². The molecule has 0 aliphatic carbocycles. The Labute approximate surface area is 171 Å². The maximum Gasteiger partial charge on any atom is 0.291 e. The van der Waals surface area contributed by atoms with Gasteiger partial charge in [0, 0.05) is 22.3 Å². The smallest absolute Gasteiger partial charge is 0.291 e. The van der Waals surface area contributed by atoms with Gasteiger partial charge in [0.15, 0.2) is 5.69 Å². The molecule has 0 aliphatic heterocycles. The van der Waals surface area contributed by atoms with E-state index < -0.39 is 5.91 Å². The molecule has 3 aromatic rings. The summed E-state index contributed by atoms with van der Waals surface area (Å²) in [5.41, 5.74) is 4.55. The molecular formula is C20H19BrN4O3. The molecule has 1 aromatic heterocycles. The summed E-state index contributed by atoms with van der Waals surface area (Å²) >= 11 is 3.44. The number of halogens is 1. The van der Waals surface area contributed by atoms with E-state index in [1.54, 1.807) is 49.4 Å². The molecule has 0 bridgehead atoms. The van der Waals surface area contributed by atoms with Gasteiger partial charge in [0.2, 0.25) is 0 Å². The highest BCUT2D eigenvalue weighted by Gasteiger charge is 2.09. The van der Waals surface area contributed by atoms with E-state index >= 15 is 0 Å². The third-order valence-electron chi connectivity index (χ3n) is 3.92. The molecule has 8 heteroatoms. The zero-order valence-corrected chi connectivity index (χ0v) is 17.0. The number of hydrazone groups is 1. The lowest BCUT2D eigenvalue weighted by Crippen LogP contribution is -2.18. The minimum Gasteiger partial charge on any atom is -0.497 e. The van der Waals surface area contributed by atoms with Crippen LogP contribution in [0, 0.1) is 0 Å². The molecule has 0 aliphatic rings. The highest BCUT2D eigenvalue weighted by molar-refractivity contribution is 9.10. The van der Waals surface area contributed by atoms with Crippen LogP contribution in [-0.2, 0) is 6.54 Å². The van der Waals surface area contributed by atoms with Gasteiger partial charge in [-0.1, -0.05) is 28.1 Å². The van der Waals surface area contributed by atoms with Gasteiger partial charge in [-0.3, -0.25) is 9.48 Å². The fourth-order valence-corrected chi connectivity index (χ4v) is 2.98. The van der Waals surface area contributed by atoms with E-state index in [9.17, 15) is 4.79 Å². The van der Waals surface area contributed by atoms with Crippen molar-refractivity contribution in [2.24, 2.45) is 5.10 Å². The van der Waals surface area contributed by atoms with Gasteiger partial charge in [-0.05, 0) is 35.9 Å². The van der Waals surface area contributed by atoms with Gasteiger partial charge >= 0.3 is 0 Å². The first-order valence-corrected chi connectivity index (χ1v) is 9.21. The molecule has 0 spiro atoms. The van der Waals surface area contributed by atoms with Crippen LogP contribution in [0.3, 0.4) is 0 Å². The van der Waals surface area contributed by atoms with Gasteiger partial charge < -0.3 is 9.47 Å². The molecule has 3 rings (SSSR count). The lowest BCUT2D eigenvalue weighted by Gasteiger charge is -2.06. The van der Waals surface area contributed by atoms with Crippen LogP contribution in [0.15, 0.2) is 64.3 Å². The molecular weight excluding hydrogens is 424 g/mol. The van der Waals surface area contributed by atoms with Gasteiger partial charge in [0.25, 0.3) is 5.91 Å². The van der Waals surface area contributed by atoms with Crippen LogP contribution in [0.25, 0.3) is 0 Å². The third kappa shape index (κ3) is 4.98. The second-order valence-corrected chi connectivity index (χ2v) is 6.75. The minimum atomic E-state index is -0.392. The Balaban J connectivity index is 1.62. The maximum atomic E-state index is 12.3. The highest BCUT2D eigenvalue weighted by Crippen LogP contribution is 2.23. The molecule has 0 radical (unpaired) electrons. The quantitative estimate of drug-likeness (QED) is 0.448. The SMILES string of the molecule is COc1ccc(C=NNC(=O)c2ccn(Cc3cccc(Br)c3)n2)c(OC)c1. The van der Waals surface area contributed by atoms with Crippen molar-refractivity contribution in [2.75, 3.05) is 14.2 Å². The van der Waals surface area contributed by atoms with Crippen LogP contribution >= 0.6 is 15.9 Å². The Morgan fingerprint density at radius 3 is 2.82 bits per heavy atom. The molecule has 0 saturated heterocycles. The largest absolute Gasteiger partial charge is 0.497 e. The molecule has 1 heterocycles. The van der Waals surface area contributed by atoms with Gasteiger partial charge in [-0.25, -0.2) is 5.43 Å². The van der Waals surface area contributed by atoms with Crippen molar-refractivity contribution < 1.29 is 14.3 Å². The van der Waals surface area contributed by atoms with Gasteiger partial charge in [-0.15, -0.1) is 0 Å². The number of amides is 1. The number of nitrogens with zero attached hydrogens (tertiary/aromatic N) is 3. The summed E-state index contributed by atoms with van der Waals surface area (Å²) in [6.45, 7) is 0.568. The number of aromatic nitrogens is 2. The molecule has 144 valence electrons. The predicted molar refractivity (Wildman–Crippen MR) is 110 cm³/mol. The van der Waals surface area contributed by atoms with Crippen molar-refractivity contribution in [1.82, 2.24) is 15.2 Å². The molecule has 28 heavy (non-hydrogen) atoms. The monoisotopic (exact) mass is 442 g/mol. The van der Waals surface area contributed by atoms with Crippen molar-refractivity contribution in [1.29, 1.82) is 0 Å². The molecule has 7 nitrogen and oxygen atoms in total. The number of hydrogen-bond acceptors (Lipinski definition) is 5. The average molecular weight is 443 g/mol. The Morgan fingerprint density at radius 2 is 2.07 bits per heavy atom. The second kappa shape index (κ2) is 9.18. The first kappa shape index (κ1) is 19.6. The van der Waals surface area contributed by atoms with E-state index in [1.165, 1.54) is 6.21 Å². The number of carbonyl (C=O) groups is 1. The van der Waals surface area contributed by atoms with Crippen molar-refractivity contribution in [2.45, 2.75) is 6.54 Å². The lowest BCUT2D eigenvalue weighted by molar-refractivity contribution is 0.0949. The summed E-state index contributed by atoms with van der Waals surface area (Å²) in [6, 6.07) is 14.9. The Kier molecular flexibility index (Phi) is 6.44. The fourth-order valence-electron chi connectivity index (χ4n) is 2.54. The van der Waals surface area contributed by atoms with Crippen LogP contribution in [0.2, 0.25) is 0 Å². The third-order valence-corrected chi connectivity index (χ3v) is 4.41. The molecule has 2 aromatic carbocycles. The number of benzene rings is 2. The van der Waals surface area contributed by atoms with E-state index in [1.807, 2.05) is 24.3 Å². The van der Waals surface area contributed by atoms with E-state index in [0.29, 0.717) is 23.6 Å². The van der Waals surface area contributed by atoms with Gasteiger partial charge in [-0.2, -0.15) is 10.2 Å². The summed E-state index contributed by atoms with van der Waals surface area (Å²) in [5, 5.41) is 8.28. The zero-order valence-electron chi connectivity index (χ0n) is 15.4. The summed E-state index contributed by atoms with van der Waals surface area (Å²) in [5.74, 6) is 0.876. The van der Waals surface area contributed by atoms with E-state index in [4.69, 9.17) is 9.47 Å². The predicted octanol–water partition coefficient (Wildman–Crippen LogP) is 3.48. The Morgan fingerprint density at radius 1 is 1.21 bits per heavy atom. The normalized spacial score (nSPS) is 10.8. The number of rotatable bonds is 7. The van der Waals surface area contributed by atoms with Crippen LogP contribution in [-0.4, -0.2) is 36.1 Å². The lowest BCUT2D eigenvalue weighted by atomic mass is 10.2. The molecule has 0 unspecified atom stereocenters. The van der Waals surface area contributed by atoms with Crippen molar-refractivity contribution >= 4 is 28.1 Å². The van der Waals surface area contributed by atoms with Crippen molar-refractivity contribution in [3.63, 3.8) is 0 Å². The number of hydrogen-bond donors (Lipinski definition) is 1. The van der Waals surface area contributed by atoms with E-state index in [0.717, 1.165) is 10.0 Å². The molecule has 0 atom stereocenters. The molecule has 0 fully saturated rings. The first-order valence-electron chi connectivity index (χ1n) is 8.42. The molecule has 1 amide bonds. The van der Waals surface area contributed by atoms with Crippen LogP contribution in [0.1, 0.15) is 21.6 Å². The summed E-state index contributed by atoms with van der Waals surface area (Å²) in [4.78, 5) is 12.3. The van der Waals surface area contributed by atoms with E-state index in [-0.39, 0.29) is 5.69 Å². The van der Waals surface area contributed by atoms with Crippen LogP contribution in [0.5, 0.6) is 11.5 Å². The average Bonchev–Trinajstić information content (AvgIpc) is 3.16. The number of methoxy groups -OCH3 is 2. The second-order valence-electron chi connectivity index (χ2n) is 5.84. The van der Waals surface area contributed by atoms with Gasteiger partial charge in [0.05, 0.1) is 27.0 Å². The van der Waals surface area contributed by atoms with Crippen LogP contribution in [0.4, 0.5) is 0 Å². The summed E-state index contributed by atoms with van der Waals surface area (Å²) in [7, 11) is 3.14. The number of nitrogens with one attached hydrogen (secondary N) is 1. The summed E-state index contributed by atoms with van der Waals surface area (Å²) < 4.78 is 13.2.